The Morgan fingerprint density at radius 2 is 1.97 bits per heavy atom. The second kappa shape index (κ2) is 8.26. The Bertz CT molecular complexity index is 1020. The van der Waals surface area contributed by atoms with E-state index < -0.39 is 0 Å². The molecule has 2 aliphatic rings. The first-order valence-electron chi connectivity index (χ1n) is 9.01. The van der Waals surface area contributed by atoms with E-state index in [1.807, 2.05) is 37.3 Å². The van der Waals surface area contributed by atoms with Crippen LogP contribution in [0, 0.1) is 6.92 Å². The minimum absolute atomic E-state index is 0.138. The van der Waals surface area contributed by atoms with E-state index >= 15 is 0 Å². The summed E-state index contributed by atoms with van der Waals surface area (Å²) in [4.78, 5) is 27.0. The number of carbonyl (C=O) groups is 2. The van der Waals surface area contributed by atoms with Crippen molar-refractivity contribution in [1.82, 2.24) is 4.90 Å². The zero-order valence-electron chi connectivity index (χ0n) is 15.6. The van der Waals surface area contributed by atoms with Crippen molar-refractivity contribution in [3.63, 3.8) is 0 Å². The van der Waals surface area contributed by atoms with E-state index in [0.29, 0.717) is 26.4 Å². The minimum Gasteiger partial charge on any atom is -0.454 e. The summed E-state index contributed by atoms with van der Waals surface area (Å²) in [5.41, 5.74) is 2.71. The van der Waals surface area contributed by atoms with Gasteiger partial charge in [0.25, 0.3) is 5.91 Å². The van der Waals surface area contributed by atoms with Crippen LogP contribution in [0.5, 0.6) is 11.5 Å². The number of aryl methyl sites for hydroxylation is 1. The van der Waals surface area contributed by atoms with Crippen LogP contribution in [0.4, 0.5) is 5.69 Å². The first-order valence-corrected chi connectivity index (χ1v) is 10.2. The number of anilines is 1. The molecule has 8 heteroatoms. The average Bonchev–Trinajstić information content (AvgIpc) is 3.26. The van der Waals surface area contributed by atoms with E-state index in [0.717, 1.165) is 11.1 Å². The van der Waals surface area contributed by atoms with Crippen molar-refractivity contribution in [3.8, 4) is 11.5 Å². The maximum atomic E-state index is 12.7. The van der Waals surface area contributed by atoms with Gasteiger partial charge in [0.05, 0.1) is 4.91 Å². The fourth-order valence-corrected chi connectivity index (χ4v) is 4.23. The van der Waals surface area contributed by atoms with Crippen LogP contribution in [0.3, 0.4) is 0 Å². The Hall–Kier alpha value is -2.84. The highest BCUT2D eigenvalue weighted by Crippen LogP contribution is 2.35. The number of carbonyl (C=O) groups excluding carboxylic acids is 2. The molecule has 29 heavy (non-hydrogen) atoms. The lowest BCUT2D eigenvalue weighted by Crippen LogP contribution is -2.31. The van der Waals surface area contributed by atoms with Crippen LogP contribution in [-0.4, -0.2) is 34.4 Å². The van der Waals surface area contributed by atoms with Gasteiger partial charge in [-0.15, -0.1) is 0 Å². The van der Waals surface area contributed by atoms with Gasteiger partial charge in [-0.3, -0.25) is 14.5 Å². The van der Waals surface area contributed by atoms with Crippen molar-refractivity contribution in [2.75, 3.05) is 18.7 Å². The van der Waals surface area contributed by atoms with Crippen molar-refractivity contribution in [2.45, 2.75) is 13.3 Å². The summed E-state index contributed by atoms with van der Waals surface area (Å²) in [5, 5.41) is 2.80. The lowest BCUT2D eigenvalue weighted by Gasteiger charge is -2.14. The molecule has 2 aliphatic heterocycles. The number of hydrogen-bond acceptors (Lipinski definition) is 6. The van der Waals surface area contributed by atoms with E-state index in [1.165, 1.54) is 16.7 Å². The summed E-state index contributed by atoms with van der Waals surface area (Å²) in [5.74, 6) is 0.874. The normalized spacial score (nSPS) is 16.6. The molecule has 0 bridgehead atoms. The molecule has 1 N–H and O–H groups in total. The number of nitrogens with one attached hydrogen (secondary N) is 1. The van der Waals surface area contributed by atoms with E-state index in [4.69, 9.17) is 21.7 Å². The standard InChI is InChI=1S/C21H18N2O4S2/c1-13-2-4-14(5-3-13)10-18-20(25)23(21(28)29-18)9-8-19(24)22-15-6-7-16-17(11-15)27-12-26-16/h2-7,10-11H,8-9,12H2,1H3,(H,22,24)/b18-10+. The predicted molar refractivity (Wildman–Crippen MR) is 117 cm³/mol. The van der Waals surface area contributed by atoms with Crippen LogP contribution >= 0.6 is 24.0 Å². The van der Waals surface area contributed by atoms with E-state index in [-0.39, 0.29) is 31.6 Å². The van der Waals surface area contributed by atoms with Gasteiger partial charge in [0.1, 0.15) is 4.32 Å². The van der Waals surface area contributed by atoms with Crippen LogP contribution < -0.4 is 14.8 Å². The smallest absolute Gasteiger partial charge is 0.266 e. The highest BCUT2D eigenvalue weighted by molar-refractivity contribution is 8.26. The summed E-state index contributed by atoms with van der Waals surface area (Å²) in [7, 11) is 0. The number of hydrogen-bond donors (Lipinski definition) is 1. The SMILES string of the molecule is Cc1ccc(/C=C2/SC(=S)N(CCC(=O)Nc3ccc4c(c3)OCO4)C2=O)cc1. The molecular weight excluding hydrogens is 408 g/mol. The van der Waals surface area contributed by atoms with Gasteiger partial charge in [0.2, 0.25) is 12.7 Å². The van der Waals surface area contributed by atoms with Gasteiger partial charge < -0.3 is 14.8 Å². The zero-order chi connectivity index (χ0) is 20.4. The third kappa shape index (κ3) is 4.44. The third-order valence-corrected chi connectivity index (χ3v) is 5.85. The first kappa shape index (κ1) is 19.5. The Morgan fingerprint density at radius 3 is 2.76 bits per heavy atom. The molecule has 0 radical (unpaired) electrons. The minimum atomic E-state index is -0.208. The van der Waals surface area contributed by atoms with E-state index in [2.05, 4.69) is 5.32 Å². The first-order chi connectivity index (χ1) is 14.0. The highest BCUT2D eigenvalue weighted by Gasteiger charge is 2.32. The van der Waals surface area contributed by atoms with Gasteiger partial charge in [0.15, 0.2) is 11.5 Å². The number of rotatable bonds is 5. The molecule has 2 aromatic rings. The summed E-state index contributed by atoms with van der Waals surface area (Å²) in [6.45, 7) is 2.42. The number of thiocarbonyl (C=S) groups is 1. The molecule has 1 saturated heterocycles. The molecule has 6 nitrogen and oxygen atoms in total. The van der Waals surface area contributed by atoms with Crippen LogP contribution in [0.1, 0.15) is 17.5 Å². The van der Waals surface area contributed by atoms with Crippen molar-refractivity contribution >= 4 is 51.9 Å². The number of amides is 2. The number of thioether (sulfide) groups is 1. The number of benzene rings is 2. The molecule has 2 heterocycles. The van der Waals surface area contributed by atoms with Gasteiger partial charge in [0, 0.05) is 24.7 Å². The molecule has 2 aromatic carbocycles. The molecule has 0 saturated carbocycles. The van der Waals surface area contributed by atoms with Gasteiger partial charge >= 0.3 is 0 Å². The Kier molecular flexibility index (Phi) is 5.55. The predicted octanol–water partition coefficient (Wildman–Crippen LogP) is 3.95. The Morgan fingerprint density at radius 1 is 1.21 bits per heavy atom. The fourth-order valence-electron chi connectivity index (χ4n) is 2.92. The number of fused-ring (bicyclic) bond motifs is 1. The van der Waals surface area contributed by atoms with Gasteiger partial charge in [-0.25, -0.2) is 0 Å². The molecule has 0 unspecified atom stereocenters. The van der Waals surface area contributed by atoms with E-state index in [9.17, 15) is 9.59 Å². The van der Waals surface area contributed by atoms with Gasteiger partial charge in [-0.05, 0) is 30.7 Å². The zero-order valence-corrected chi connectivity index (χ0v) is 17.3. The van der Waals surface area contributed by atoms with Crippen LogP contribution in [0.25, 0.3) is 6.08 Å². The quantitative estimate of drug-likeness (QED) is 0.577. The maximum Gasteiger partial charge on any atom is 0.266 e. The molecule has 0 atom stereocenters. The summed E-state index contributed by atoms with van der Waals surface area (Å²) in [6.07, 6.45) is 1.96. The summed E-state index contributed by atoms with van der Waals surface area (Å²) in [6, 6.07) is 13.1. The van der Waals surface area contributed by atoms with Crippen LogP contribution in [0.15, 0.2) is 47.4 Å². The fraction of sp³-hybridized carbons (Fsp3) is 0.190. The topological polar surface area (TPSA) is 67.9 Å². The van der Waals surface area contributed by atoms with Crippen molar-refractivity contribution in [1.29, 1.82) is 0 Å². The Balaban J connectivity index is 1.35. The van der Waals surface area contributed by atoms with E-state index in [1.54, 1.807) is 18.2 Å². The maximum absolute atomic E-state index is 12.7. The second-order valence-corrected chi connectivity index (χ2v) is 8.29. The van der Waals surface area contributed by atoms with Crippen LogP contribution in [-0.2, 0) is 9.59 Å². The molecule has 2 amide bonds. The molecule has 1 fully saturated rings. The van der Waals surface area contributed by atoms with Gasteiger partial charge in [-0.1, -0.05) is 53.8 Å². The summed E-state index contributed by atoms with van der Waals surface area (Å²) < 4.78 is 11.0. The summed E-state index contributed by atoms with van der Waals surface area (Å²) >= 11 is 6.59. The molecule has 4 rings (SSSR count). The molecule has 0 spiro atoms. The third-order valence-electron chi connectivity index (χ3n) is 4.47. The number of ether oxygens (including phenoxy) is 2. The van der Waals surface area contributed by atoms with Crippen LogP contribution in [0.2, 0.25) is 0 Å². The lowest BCUT2D eigenvalue weighted by atomic mass is 10.1. The lowest BCUT2D eigenvalue weighted by molar-refractivity contribution is -0.122. The molecule has 148 valence electrons. The largest absolute Gasteiger partial charge is 0.454 e. The molecular formula is C21H18N2O4S2. The van der Waals surface area contributed by atoms with Crippen molar-refractivity contribution in [3.05, 3.63) is 58.5 Å². The van der Waals surface area contributed by atoms with Crippen molar-refractivity contribution in [2.24, 2.45) is 0 Å². The molecule has 0 aromatic heterocycles. The Labute approximate surface area is 177 Å². The number of nitrogens with zero attached hydrogens (tertiary/aromatic N) is 1. The second-order valence-electron chi connectivity index (χ2n) is 6.61. The molecule has 0 aliphatic carbocycles. The van der Waals surface area contributed by atoms with Crippen molar-refractivity contribution < 1.29 is 19.1 Å². The monoisotopic (exact) mass is 426 g/mol. The van der Waals surface area contributed by atoms with Gasteiger partial charge in [-0.2, -0.15) is 0 Å². The average molecular weight is 427 g/mol. The highest BCUT2D eigenvalue weighted by atomic mass is 32.2.